The molecule has 2 aliphatic rings. The van der Waals surface area contributed by atoms with E-state index in [0.717, 1.165) is 0 Å². The molecule has 2 atom stereocenters. The summed E-state index contributed by atoms with van der Waals surface area (Å²) in [5.74, 6) is 0. The Hall–Kier alpha value is -0.300. The maximum absolute atomic E-state index is 5.72. The Morgan fingerprint density at radius 1 is 1.30 bits per heavy atom. The van der Waals surface area contributed by atoms with Crippen molar-refractivity contribution in [3.05, 3.63) is 11.1 Å². The van der Waals surface area contributed by atoms with E-state index in [-0.39, 0.29) is 0 Å². The van der Waals surface area contributed by atoms with Crippen molar-refractivity contribution in [1.82, 2.24) is 0 Å². The number of hydrogen-bond acceptors (Lipinski definition) is 1. The average Bonchev–Trinajstić information content (AvgIpc) is 2.29. The summed E-state index contributed by atoms with van der Waals surface area (Å²) in [4.78, 5) is 0. The van der Waals surface area contributed by atoms with Gasteiger partial charge < -0.3 is 4.74 Å². The molecule has 0 radical (unpaired) electrons. The van der Waals surface area contributed by atoms with Crippen LogP contribution in [-0.2, 0) is 4.74 Å². The third-order valence-electron chi connectivity index (χ3n) is 2.80. The largest absolute Gasteiger partial charge is 0.370 e. The summed E-state index contributed by atoms with van der Waals surface area (Å²) in [6.07, 6.45) is 4.77. The van der Waals surface area contributed by atoms with E-state index in [1.807, 2.05) is 0 Å². The molecule has 0 unspecified atom stereocenters. The van der Waals surface area contributed by atoms with E-state index >= 15 is 0 Å². The van der Waals surface area contributed by atoms with Crippen molar-refractivity contribution in [2.45, 2.75) is 45.3 Å². The fraction of sp³-hybridized carbons (Fsp3) is 0.778. The molecule has 1 nitrogen and oxygen atoms in total. The van der Waals surface area contributed by atoms with Gasteiger partial charge in [-0.25, -0.2) is 0 Å². The molecule has 0 aromatic rings. The van der Waals surface area contributed by atoms with E-state index in [0.29, 0.717) is 12.2 Å². The average molecular weight is 138 g/mol. The number of ether oxygens (including phenoxy) is 1. The molecular weight excluding hydrogens is 124 g/mol. The maximum Gasteiger partial charge on any atom is 0.0789 e. The lowest BCUT2D eigenvalue weighted by Gasteiger charge is -2.22. The van der Waals surface area contributed by atoms with Crippen LogP contribution in [0.5, 0.6) is 0 Å². The van der Waals surface area contributed by atoms with E-state index in [4.69, 9.17) is 4.74 Å². The minimum atomic E-state index is 0.485. The van der Waals surface area contributed by atoms with Crippen molar-refractivity contribution in [3.63, 3.8) is 0 Å². The summed E-state index contributed by atoms with van der Waals surface area (Å²) in [5, 5.41) is 0. The Labute approximate surface area is 62.1 Å². The summed E-state index contributed by atoms with van der Waals surface area (Å²) in [5.41, 5.74) is 3.06. The lowest BCUT2D eigenvalue weighted by atomic mass is 10.0. The zero-order valence-corrected chi connectivity index (χ0v) is 6.68. The fourth-order valence-corrected chi connectivity index (χ4v) is 1.95. The monoisotopic (exact) mass is 138 g/mol. The minimum absolute atomic E-state index is 0.485. The molecule has 2 rings (SSSR count). The first-order valence-electron chi connectivity index (χ1n) is 4.09. The Bertz CT molecular complexity index is 181. The topological polar surface area (TPSA) is 9.23 Å². The highest BCUT2D eigenvalue weighted by Gasteiger charge is 2.31. The zero-order chi connectivity index (χ0) is 7.14. The van der Waals surface area contributed by atoms with Gasteiger partial charge in [-0.05, 0) is 38.7 Å². The van der Waals surface area contributed by atoms with E-state index < -0.39 is 0 Å². The smallest absolute Gasteiger partial charge is 0.0789 e. The minimum Gasteiger partial charge on any atom is -0.370 e. The lowest BCUT2D eigenvalue weighted by Crippen LogP contribution is -2.19. The first-order valence-corrected chi connectivity index (χ1v) is 4.09. The SMILES string of the molecule is CC1=C(C)[C@@H]2CC[C@H](C1)O2. The van der Waals surface area contributed by atoms with Crippen molar-refractivity contribution in [2.24, 2.45) is 0 Å². The molecule has 0 aliphatic carbocycles. The predicted octanol–water partition coefficient (Wildman–Crippen LogP) is 2.27. The van der Waals surface area contributed by atoms with Gasteiger partial charge in [0.2, 0.25) is 0 Å². The summed E-state index contributed by atoms with van der Waals surface area (Å²) >= 11 is 0. The quantitative estimate of drug-likeness (QED) is 0.466. The van der Waals surface area contributed by atoms with Crippen LogP contribution in [0.2, 0.25) is 0 Å². The van der Waals surface area contributed by atoms with E-state index in [1.165, 1.54) is 24.8 Å². The van der Waals surface area contributed by atoms with Crippen LogP contribution in [0.25, 0.3) is 0 Å². The second-order valence-corrected chi connectivity index (χ2v) is 3.49. The second kappa shape index (κ2) is 2.09. The van der Waals surface area contributed by atoms with E-state index in [1.54, 1.807) is 5.57 Å². The lowest BCUT2D eigenvalue weighted by molar-refractivity contribution is 0.0531. The number of hydrogen-bond donors (Lipinski definition) is 0. The van der Waals surface area contributed by atoms with Crippen LogP contribution < -0.4 is 0 Å². The normalized spacial score (nSPS) is 39.0. The van der Waals surface area contributed by atoms with Crippen molar-refractivity contribution < 1.29 is 4.74 Å². The third kappa shape index (κ3) is 0.807. The fourth-order valence-electron chi connectivity index (χ4n) is 1.95. The van der Waals surface area contributed by atoms with Gasteiger partial charge in [-0.2, -0.15) is 0 Å². The molecule has 10 heavy (non-hydrogen) atoms. The maximum atomic E-state index is 5.72. The number of rotatable bonds is 0. The molecule has 56 valence electrons. The van der Waals surface area contributed by atoms with E-state index in [9.17, 15) is 0 Å². The Balaban J connectivity index is 2.28. The highest BCUT2D eigenvalue weighted by molar-refractivity contribution is 5.20. The molecule has 0 saturated carbocycles. The predicted molar refractivity (Wildman–Crippen MR) is 40.9 cm³/mol. The molecule has 0 N–H and O–H groups in total. The van der Waals surface area contributed by atoms with Gasteiger partial charge in [-0.3, -0.25) is 0 Å². The first kappa shape index (κ1) is 6.41. The van der Waals surface area contributed by atoms with Crippen LogP contribution >= 0.6 is 0 Å². The van der Waals surface area contributed by atoms with Crippen molar-refractivity contribution >= 4 is 0 Å². The molecule has 0 spiro atoms. The van der Waals surface area contributed by atoms with Crippen LogP contribution in [0.15, 0.2) is 11.1 Å². The molecule has 0 aromatic heterocycles. The summed E-state index contributed by atoms with van der Waals surface area (Å²) in [6, 6.07) is 0. The molecule has 2 bridgehead atoms. The molecule has 2 aliphatic heterocycles. The highest BCUT2D eigenvalue weighted by atomic mass is 16.5. The second-order valence-electron chi connectivity index (χ2n) is 3.49. The summed E-state index contributed by atoms with van der Waals surface area (Å²) < 4.78 is 5.72. The summed E-state index contributed by atoms with van der Waals surface area (Å²) in [7, 11) is 0. The molecule has 0 aromatic carbocycles. The van der Waals surface area contributed by atoms with Crippen LogP contribution in [0, 0.1) is 0 Å². The van der Waals surface area contributed by atoms with Crippen LogP contribution in [-0.4, -0.2) is 12.2 Å². The first-order chi connectivity index (χ1) is 4.77. The molecule has 2 heterocycles. The molecule has 1 saturated heterocycles. The highest BCUT2D eigenvalue weighted by Crippen LogP contribution is 2.35. The summed E-state index contributed by atoms with van der Waals surface area (Å²) in [6.45, 7) is 4.45. The van der Waals surface area contributed by atoms with Crippen molar-refractivity contribution in [2.75, 3.05) is 0 Å². The van der Waals surface area contributed by atoms with Crippen molar-refractivity contribution in [1.29, 1.82) is 0 Å². The van der Waals surface area contributed by atoms with Gasteiger partial charge in [0.1, 0.15) is 0 Å². The molecule has 0 amide bonds. The molecule has 1 fully saturated rings. The van der Waals surface area contributed by atoms with Gasteiger partial charge in [0.05, 0.1) is 12.2 Å². The van der Waals surface area contributed by atoms with Crippen LogP contribution in [0.3, 0.4) is 0 Å². The third-order valence-corrected chi connectivity index (χ3v) is 2.80. The standard InChI is InChI=1S/C9H14O/c1-6-5-8-3-4-9(10-8)7(6)2/h8-9H,3-5H2,1-2H3/t8-,9+/m1/s1. The van der Waals surface area contributed by atoms with Gasteiger partial charge in [-0.15, -0.1) is 0 Å². The number of fused-ring (bicyclic) bond motifs is 2. The Morgan fingerprint density at radius 3 is 2.90 bits per heavy atom. The van der Waals surface area contributed by atoms with Gasteiger partial charge in [-0.1, -0.05) is 5.57 Å². The zero-order valence-electron chi connectivity index (χ0n) is 6.68. The molecule has 1 heteroatoms. The Morgan fingerprint density at radius 2 is 2.10 bits per heavy atom. The van der Waals surface area contributed by atoms with Crippen molar-refractivity contribution in [3.8, 4) is 0 Å². The van der Waals surface area contributed by atoms with Crippen LogP contribution in [0.1, 0.15) is 33.1 Å². The van der Waals surface area contributed by atoms with Gasteiger partial charge in [0.15, 0.2) is 0 Å². The van der Waals surface area contributed by atoms with E-state index in [2.05, 4.69) is 13.8 Å². The molecular formula is C9H14O. The van der Waals surface area contributed by atoms with Gasteiger partial charge in [0.25, 0.3) is 0 Å². The van der Waals surface area contributed by atoms with Crippen LogP contribution in [0.4, 0.5) is 0 Å². The Kier molecular flexibility index (Phi) is 1.34. The van der Waals surface area contributed by atoms with Gasteiger partial charge in [0, 0.05) is 0 Å². The van der Waals surface area contributed by atoms with Gasteiger partial charge >= 0.3 is 0 Å².